The second kappa shape index (κ2) is 5.89. The van der Waals surface area contributed by atoms with Gasteiger partial charge in [0.25, 0.3) is 0 Å². The Balaban J connectivity index is 2.17. The van der Waals surface area contributed by atoms with Gasteiger partial charge < -0.3 is 10.4 Å². The summed E-state index contributed by atoms with van der Waals surface area (Å²) in [6.07, 6.45) is 6.95. The topological polar surface area (TPSA) is 49.3 Å². The highest BCUT2D eigenvalue weighted by Crippen LogP contribution is 2.30. The van der Waals surface area contributed by atoms with Crippen LogP contribution in [0.3, 0.4) is 0 Å². The van der Waals surface area contributed by atoms with Gasteiger partial charge in [0.15, 0.2) is 0 Å². The molecular formula is C15H21NO2. The minimum atomic E-state index is -0.776. The van der Waals surface area contributed by atoms with E-state index in [0.717, 1.165) is 44.2 Å². The predicted octanol–water partition coefficient (Wildman–Crippen LogP) is 3.67. The molecule has 1 aromatic carbocycles. The average Bonchev–Trinajstić information content (AvgIpc) is 2.34. The molecule has 1 saturated carbocycles. The van der Waals surface area contributed by atoms with Gasteiger partial charge in [-0.25, -0.2) is 4.79 Å². The summed E-state index contributed by atoms with van der Waals surface area (Å²) in [7, 11) is 0. The number of carboxylic acid groups (broad SMARTS) is 1. The maximum Gasteiger partial charge on any atom is 0.329 e. The van der Waals surface area contributed by atoms with Crippen LogP contribution in [-0.2, 0) is 4.79 Å². The first kappa shape index (κ1) is 12.9. The van der Waals surface area contributed by atoms with Gasteiger partial charge in [-0.3, -0.25) is 0 Å². The summed E-state index contributed by atoms with van der Waals surface area (Å²) in [6, 6.07) is 9.67. The Morgan fingerprint density at radius 3 is 2.11 bits per heavy atom. The lowest BCUT2D eigenvalue weighted by Crippen LogP contribution is -2.46. The number of benzene rings is 1. The zero-order valence-electron chi connectivity index (χ0n) is 10.7. The molecule has 0 bridgehead atoms. The van der Waals surface area contributed by atoms with E-state index in [2.05, 4.69) is 5.32 Å². The summed E-state index contributed by atoms with van der Waals surface area (Å²) in [5.74, 6) is -0.715. The van der Waals surface area contributed by atoms with Crippen molar-refractivity contribution in [3.8, 4) is 0 Å². The summed E-state index contributed by atoms with van der Waals surface area (Å²) in [5, 5.41) is 12.9. The third-order valence-electron chi connectivity index (χ3n) is 3.77. The van der Waals surface area contributed by atoms with E-state index < -0.39 is 11.5 Å². The van der Waals surface area contributed by atoms with Gasteiger partial charge in [-0.2, -0.15) is 0 Å². The van der Waals surface area contributed by atoms with Crippen LogP contribution >= 0.6 is 0 Å². The highest BCUT2D eigenvalue weighted by molar-refractivity contribution is 5.82. The summed E-state index contributed by atoms with van der Waals surface area (Å²) >= 11 is 0. The van der Waals surface area contributed by atoms with Gasteiger partial charge in [0.05, 0.1) is 0 Å². The molecule has 0 heterocycles. The molecule has 18 heavy (non-hydrogen) atoms. The number of nitrogens with one attached hydrogen (secondary N) is 1. The molecule has 2 N–H and O–H groups in total. The SMILES string of the molecule is O=C(O)C1(Nc2ccccc2)CCCCCCC1. The van der Waals surface area contributed by atoms with Crippen molar-refractivity contribution in [2.24, 2.45) is 0 Å². The molecule has 0 unspecified atom stereocenters. The van der Waals surface area contributed by atoms with Gasteiger partial charge in [0, 0.05) is 5.69 Å². The second-order valence-corrected chi connectivity index (χ2v) is 5.15. The molecule has 0 radical (unpaired) electrons. The fourth-order valence-corrected chi connectivity index (χ4v) is 2.70. The van der Waals surface area contributed by atoms with Crippen molar-refractivity contribution in [1.82, 2.24) is 0 Å². The molecule has 0 aliphatic heterocycles. The second-order valence-electron chi connectivity index (χ2n) is 5.15. The molecule has 2 rings (SSSR count). The molecule has 3 heteroatoms. The summed E-state index contributed by atoms with van der Waals surface area (Å²) in [6.45, 7) is 0. The van der Waals surface area contributed by atoms with Gasteiger partial charge in [0.2, 0.25) is 0 Å². The smallest absolute Gasteiger partial charge is 0.329 e. The van der Waals surface area contributed by atoms with Gasteiger partial charge in [-0.1, -0.05) is 50.3 Å². The van der Waals surface area contributed by atoms with Crippen LogP contribution in [-0.4, -0.2) is 16.6 Å². The van der Waals surface area contributed by atoms with Gasteiger partial charge >= 0.3 is 5.97 Å². The molecule has 1 aromatic rings. The Morgan fingerprint density at radius 1 is 1.00 bits per heavy atom. The molecule has 0 aromatic heterocycles. The van der Waals surface area contributed by atoms with Crippen molar-refractivity contribution in [3.63, 3.8) is 0 Å². The number of carboxylic acids is 1. The number of para-hydroxylation sites is 1. The standard InChI is InChI=1S/C15H21NO2/c17-14(18)15(11-7-2-1-3-8-12-15)16-13-9-5-4-6-10-13/h4-6,9-10,16H,1-3,7-8,11-12H2,(H,17,18). The molecule has 98 valence electrons. The van der Waals surface area contributed by atoms with Crippen LogP contribution in [0.15, 0.2) is 30.3 Å². The zero-order chi connectivity index (χ0) is 12.8. The summed E-state index contributed by atoms with van der Waals surface area (Å²) in [5.41, 5.74) is 0.127. The van der Waals surface area contributed by atoms with Crippen molar-refractivity contribution < 1.29 is 9.90 Å². The maximum atomic E-state index is 11.7. The lowest BCUT2D eigenvalue weighted by Gasteiger charge is -2.33. The van der Waals surface area contributed by atoms with Crippen LogP contribution in [0.1, 0.15) is 44.9 Å². The molecule has 0 amide bonds. The van der Waals surface area contributed by atoms with Crippen LogP contribution < -0.4 is 5.32 Å². The van der Waals surface area contributed by atoms with E-state index in [-0.39, 0.29) is 0 Å². The van der Waals surface area contributed by atoms with Crippen molar-refractivity contribution in [2.75, 3.05) is 5.32 Å². The minimum Gasteiger partial charge on any atom is -0.480 e. The average molecular weight is 247 g/mol. The molecule has 0 atom stereocenters. The Morgan fingerprint density at radius 2 is 1.56 bits per heavy atom. The molecule has 1 aliphatic carbocycles. The Bertz CT molecular complexity index is 381. The van der Waals surface area contributed by atoms with E-state index >= 15 is 0 Å². The number of hydrogen-bond acceptors (Lipinski definition) is 2. The Labute approximate surface area is 108 Å². The largest absolute Gasteiger partial charge is 0.480 e. The lowest BCUT2D eigenvalue weighted by molar-refractivity contribution is -0.143. The van der Waals surface area contributed by atoms with Crippen LogP contribution in [0.25, 0.3) is 0 Å². The van der Waals surface area contributed by atoms with Crippen LogP contribution in [0.4, 0.5) is 5.69 Å². The first-order valence-corrected chi connectivity index (χ1v) is 6.80. The number of hydrogen-bond donors (Lipinski definition) is 2. The van der Waals surface area contributed by atoms with Gasteiger partial charge in [0.1, 0.15) is 5.54 Å². The first-order valence-electron chi connectivity index (χ1n) is 6.80. The van der Waals surface area contributed by atoms with Crippen molar-refractivity contribution in [2.45, 2.75) is 50.5 Å². The monoisotopic (exact) mass is 247 g/mol. The van der Waals surface area contributed by atoms with E-state index in [4.69, 9.17) is 0 Å². The summed E-state index contributed by atoms with van der Waals surface area (Å²) < 4.78 is 0. The summed E-state index contributed by atoms with van der Waals surface area (Å²) in [4.78, 5) is 11.7. The maximum absolute atomic E-state index is 11.7. The fourth-order valence-electron chi connectivity index (χ4n) is 2.70. The zero-order valence-corrected chi connectivity index (χ0v) is 10.7. The van der Waals surface area contributed by atoms with Crippen molar-refractivity contribution >= 4 is 11.7 Å². The van der Waals surface area contributed by atoms with E-state index in [0.29, 0.717) is 0 Å². The van der Waals surface area contributed by atoms with Crippen molar-refractivity contribution in [3.05, 3.63) is 30.3 Å². The molecule has 1 fully saturated rings. The minimum absolute atomic E-state index is 0.715. The number of carbonyl (C=O) groups is 1. The fraction of sp³-hybridized carbons (Fsp3) is 0.533. The van der Waals surface area contributed by atoms with E-state index in [1.54, 1.807) is 0 Å². The van der Waals surface area contributed by atoms with Gasteiger partial charge in [-0.05, 0) is 25.0 Å². The molecule has 0 spiro atoms. The molecule has 3 nitrogen and oxygen atoms in total. The quantitative estimate of drug-likeness (QED) is 0.856. The van der Waals surface area contributed by atoms with Crippen LogP contribution in [0, 0.1) is 0 Å². The van der Waals surface area contributed by atoms with E-state index in [9.17, 15) is 9.90 Å². The normalized spacial score (nSPS) is 19.6. The third-order valence-corrected chi connectivity index (χ3v) is 3.77. The number of anilines is 1. The Kier molecular flexibility index (Phi) is 4.24. The van der Waals surface area contributed by atoms with Gasteiger partial charge in [-0.15, -0.1) is 0 Å². The molecule has 0 saturated heterocycles. The van der Waals surface area contributed by atoms with E-state index in [1.165, 1.54) is 6.42 Å². The first-order chi connectivity index (χ1) is 8.73. The highest BCUT2D eigenvalue weighted by atomic mass is 16.4. The van der Waals surface area contributed by atoms with Crippen molar-refractivity contribution in [1.29, 1.82) is 0 Å². The third kappa shape index (κ3) is 3.03. The number of aliphatic carboxylic acids is 1. The highest BCUT2D eigenvalue weighted by Gasteiger charge is 2.37. The van der Waals surface area contributed by atoms with Crippen LogP contribution in [0.2, 0.25) is 0 Å². The number of rotatable bonds is 3. The Hall–Kier alpha value is -1.51. The molecule has 1 aliphatic rings. The van der Waals surface area contributed by atoms with Crippen LogP contribution in [0.5, 0.6) is 0 Å². The lowest BCUT2D eigenvalue weighted by atomic mass is 9.83. The predicted molar refractivity (Wildman–Crippen MR) is 72.8 cm³/mol. The molecular weight excluding hydrogens is 226 g/mol. The van der Waals surface area contributed by atoms with E-state index in [1.807, 2.05) is 30.3 Å².